The highest BCUT2D eigenvalue weighted by Crippen LogP contribution is 2.42. The molecule has 0 unspecified atom stereocenters. The Bertz CT molecular complexity index is 804. The van der Waals surface area contributed by atoms with Crippen molar-refractivity contribution in [3.05, 3.63) is 42.0 Å². The molecule has 25 heavy (non-hydrogen) atoms. The average Bonchev–Trinajstić information content (AvgIpc) is 3.20. The SMILES string of the molecule is Cc1nocc1C(=O)N1CCC[C@]2(CCN(c3cccnc3)C2=O)C1. The molecule has 2 aromatic rings. The van der Waals surface area contributed by atoms with Gasteiger partial charge in [-0.3, -0.25) is 14.6 Å². The summed E-state index contributed by atoms with van der Waals surface area (Å²) in [6, 6.07) is 3.73. The molecular weight excluding hydrogens is 320 g/mol. The minimum atomic E-state index is -0.491. The summed E-state index contributed by atoms with van der Waals surface area (Å²) in [5.41, 5.74) is 1.39. The van der Waals surface area contributed by atoms with Crippen LogP contribution in [-0.2, 0) is 4.79 Å². The first kappa shape index (κ1) is 15.8. The van der Waals surface area contributed by atoms with Crippen LogP contribution in [0.3, 0.4) is 0 Å². The lowest BCUT2D eigenvalue weighted by atomic mass is 9.78. The third kappa shape index (κ3) is 2.59. The van der Waals surface area contributed by atoms with Gasteiger partial charge in [-0.25, -0.2) is 0 Å². The lowest BCUT2D eigenvalue weighted by Gasteiger charge is -2.38. The van der Waals surface area contributed by atoms with Gasteiger partial charge < -0.3 is 14.3 Å². The van der Waals surface area contributed by atoms with Crippen molar-refractivity contribution in [1.82, 2.24) is 15.0 Å². The third-order valence-corrected chi connectivity index (χ3v) is 5.31. The van der Waals surface area contributed by atoms with E-state index in [4.69, 9.17) is 4.52 Å². The largest absolute Gasteiger partial charge is 0.364 e. The van der Waals surface area contributed by atoms with Crippen molar-refractivity contribution in [2.75, 3.05) is 24.5 Å². The number of anilines is 1. The van der Waals surface area contributed by atoms with Gasteiger partial charge in [0, 0.05) is 25.8 Å². The van der Waals surface area contributed by atoms with Gasteiger partial charge in [-0.15, -0.1) is 0 Å². The van der Waals surface area contributed by atoms with Gasteiger partial charge >= 0.3 is 0 Å². The molecule has 2 aliphatic rings. The molecule has 0 aliphatic carbocycles. The summed E-state index contributed by atoms with van der Waals surface area (Å²) in [5, 5.41) is 3.78. The number of carbonyl (C=O) groups excluding carboxylic acids is 2. The van der Waals surface area contributed by atoms with E-state index in [-0.39, 0.29) is 11.8 Å². The molecule has 2 amide bonds. The second-order valence-corrected chi connectivity index (χ2v) is 6.84. The van der Waals surface area contributed by atoms with Gasteiger partial charge in [0.1, 0.15) is 11.8 Å². The smallest absolute Gasteiger partial charge is 0.259 e. The van der Waals surface area contributed by atoms with Gasteiger partial charge in [-0.05, 0) is 38.3 Å². The van der Waals surface area contributed by atoms with Crippen molar-refractivity contribution in [3.8, 4) is 0 Å². The van der Waals surface area contributed by atoms with Crippen LogP contribution in [0.1, 0.15) is 35.3 Å². The molecule has 2 aliphatic heterocycles. The number of amides is 2. The summed E-state index contributed by atoms with van der Waals surface area (Å²) in [6.45, 7) is 3.53. The van der Waals surface area contributed by atoms with Crippen LogP contribution in [0.4, 0.5) is 5.69 Å². The van der Waals surface area contributed by atoms with Crippen LogP contribution in [0.15, 0.2) is 35.3 Å². The normalized spacial score (nSPS) is 23.5. The third-order valence-electron chi connectivity index (χ3n) is 5.31. The summed E-state index contributed by atoms with van der Waals surface area (Å²) in [7, 11) is 0. The number of likely N-dealkylation sites (tertiary alicyclic amines) is 1. The molecule has 4 rings (SSSR count). The second-order valence-electron chi connectivity index (χ2n) is 6.84. The molecule has 2 fully saturated rings. The number of rotatable bonds is 2. The Balaban J connectivity index is 1.56. The Kier molecular flexibility index (Phi) is 3.78. The predicted octanol–water partition coefficient (Wildman–Crippen LogP) is 2.04. The standard InChI is InChI=1S/C18H20N4O3/c1-13-15(11-25-20-13)16(23)21-8-3-5-18(12-21)6-9-22(17(18)24)14-4-2-7-19-10-14/h2,4,7,10-11H,3,5-6,8-9,12H2,1H3/t18-/m0/s1. The predicted molar refractivity (Wildman–Crippen MR) is 90.0 cm³/mol. The fourth-order valence-corrected chi connectivity index (χ4v) is 3.93. The highest BCUT2D eigenvalue weighted by Gasteiger charge is 2.50. The van der Waals surface area contributed by atoms with E-state index in [9.17, 15) is 9.59 Å². The maximum atomic E-state index is 13.1. The minimum absolute atomic E-state index is 0.0973. The van der Waals surface area contributed by atoms with Crippen LogP contribution >= 0.6 is 0 Å². The molecule has 7 heteroatoms. The van der Waals surface area contributed by atoms with E-state index in [1.807, 2.05) is 12.1 Å². The van der Waals surface area contributed by atoms with E-state index in [0.717, 1.165) is 24.9 Å². The van der Waals surface area contributed by atoms with Crippen LogP contribution in [0.2, 0.25) is 0 Å². The lowest BCUT2D eigenvalue weighted by molar-refractivity contribution is -0.127. The number of piperidine rings is 1. The molecule has 1 atom stereocenters. The summed E-state index contributed by atoms with van der Waals surface area (Å²) >= 11 is 0. The maximum absolute atomic E-state index is 13.1. The van der Waals surface area contributed by atoms with Crippen molar-refractivity contribution < 1.29 is 14.1 Å². The zero-order chi connectivity index (χ0) is 17.4. The lowest BCUT2D eigenvalue weighted by Crippen LogP contribution is -2.50. The van der Waals surface area contributed by atoms with Gasteiger partial charge in [-0.2, -0.15) is 0 Å². The van der Waals surface area contributed by atoms with E-state index in [2.05, 4.69) is 10.1 Å². The quantitative estimate of drug-likeness (QED) is 0.836. The van der Waals surface area contributed by atoms with Crippen molar-refractivity contribution >= 4 is 17.5 Å². The number of aryl methyl sites for hydroxylation is 1. The number of carbonyl (C=O) groups is 2. The first-order chi connectivity index (χ1) is 12.1. The first-order valence-electron chi connectivity index (χ1n) is 8.53. The van der Waals surface area contributed by atoms with Crippen LogP contribution in [0, 0.1) is 12.3 Å². The summed E-state index contributed by atoms with van der Waals surface area (Å²) in [4.78, 5) is 33.6. The van der Waals surface area contributed by atoms with E-state index in [1.165, 1.54) is 6.26 Å². The molecule has 0 N–H and O–H groups in total. The minimum Gasteiger partial charge on any atom is -0.364 e. The van der Waals surface area contributed by atoms with Crippen molar-refractivity contribution in [2.45, 2.75) is 26.2 Å². The Hall–Kier alpha value is -2.70. The highest BCUT2D eigenvalue weighted by molar-refractivity contribution is 6.01. The monoisotopic (exact) mass is 340 g/mol. The Labute approximate surface area is 145 Å². The van der Waals surface area contributed by atoms with Crippen LogP contribution < -0.4 is 4.90 Å². The van der Waals surface area contributed by atoms with Crippen molar-refractivity contribution in [1.29, 1.82) is 0 Å². The Morgan fingerprint density at radius 1 is 1.32 bits per heavy atom. The van der Waals surface area contributed by atoms with Gasteiger partial charge in [0.05, 0.1) is 23.0 Å². The van der Waals surface area contributed by atoms with Gasteiger partial charge in [0.2, 0.25) is 5.91 Å². The molecule has 2 saturated heterocycles. The van der Waals surface area contributed by atoms with Gasteiger partial charge in [0.25, 0.3) is 5.91 Å². The first-order valence-corrected chi connectivity index (χ1v) is 8.53. The molecule has 0 bridgehead atoms. The average molecular weight is 340 g/mol. The number of aromatic nitrogens is 2. The number of hydrogen-bond donors (Lipinski definition) is 0. The van der Waals surface area contributed by atoms with Crippen molar-refractivity contribution in [3.63, 3.8) is 0 Å². The molecular formula is C18H20N4O3. The molecule has 2 aromatic heterocycles. The maximum Gasteiger partial charge on any atom is 0.259 e. The van der Waals surface area contributed by atoms with Crippen LogP contribution in [0.25, 0.3) is 0 Å². The zero-order valence-corrected chi connectivity index (χ0v) is 14.1. The van der Waals surface area contributed by atoms with Crippen LogP contribution in [-0.4, -0.2) is 46.5 Å². The molecule has 0 radical (unpaired) electrons. The van der Waals surface area contributed by atoms with E-state index < -0.39 is 5.41 Å². The highest BCUT2D eigenvalue weighted by atomic mass is 16.5. The summed E-state index contributed by atoms with van der Waals surface area (Å²) < 4.78 is 4.89. The molecule has 0 aromatic carbocycles. The Morgan fingerprint density at radius 3 is 2.92 bits per heavy atom. The molecule has 4 heterocycles. The molecule has 130 valence electrons. The Morgan fingerprint density at radius 2 is 2.20 bits per heavy atom. The van der Waals surface area contributed by atoms with E-state index >= 15 is 0 Å². The summed E-state index contributed by atoms with van der Waals surface area (Å²) in [5.74, 6) is -0.00880. The second kappa shape index (κ2) is 5.98. The fourth-order valence-electron chi connectivity index (χ4n) is 3.93. The molecule has 1 spiro atoms. The topological polar surface area (TPSA) is 79.5 Å². The fraction of sp³-hybridized carbons (Fsp3) is 0.444. The number of pyridine rings is 1. The number of nitrogens with zero attached hydrogens (tertiary/aromatic N) is 4. The van der Waals surface area contributed by atoms with Gasteiger partial charge in [0.15, 0.2) is 0 Å². The van der Waals surface area contributed by atoms with E-state index in [0.29, 0.717) is 30.9 Å². The molecule has 7 nitrogen and oxygen atoms in total. The van der Waals surface area contributed by atoms with E-state index in [1.54, 1.807) is 29.1 Å². The van der Waals surface area contributed by atoms with Gasteiger partial charge in [-0.1, -0.05) is 5.16 Å². The van der Waals surface area contributed by atoms with Crippen LogP contribution in [0.5, 0.6) is 0 Å². The summed E-state index contributed by atoms with van der Waals surface area (Å²) in [6.07, 6.45) is 7.19. The van der Waals surface area contributed by atoms with Crippen molar-refractivity contribution in [2.24, 2.45) is 5.41 Å². The molecule has 0 saturated carbocycles. The zero-order valence-electron chi connectivity index (χ0n) is 14.1. The number of hydrogen-bond acceptors (Lipinski definition) is 5.